The maximum Gasteiger partial charge on any atom is 0.131 e. The topological polar surface area (TPSA) is 43.8 Å². The number of nitrogen functional groups attached to an aromatic ring is 1. The quantitative estimate of drug-likeness (QED) is 0.791. The van der Waals surface area contributed by atoms with Crippen LogP contribution in [-0.2, 0) is 6.54 Å². The Balaban J connectivity index is 1.95. The van der Waals surface area contributed by atoms with E-state index in [-0.39, 0.29) is 0 Å². The number of anilines is 1. The first-order valence-corrected chi connectivity index (χ1v) is 7.06. The molecule has 1 aromatic heterocycles. The SMILES string of the molecule is Cc1cc(C)cc(-c2ncn(Cc3ccccc3)c2N)c1. The summed E-state index contributed by atoms with van der Waals surface area (Å²) in [7, 11) is 0. The molecule has 0 radical (unpaired) electrons. The molecular formula is C18H19N3. The molecule has 0 bridgehead atoms. The molecule has 21 heavy (non-hydrogen) atoms. The molecule has 0 saturated carbocycles. The molecule has 0 aliphatic rings. The van der Waals surface area contributed by atoms with Crippen LogP contribution in [0, 0.1) is 13.8 Å². The van der Waals surface area contributed by atoms with Gasteiger partial charge in [-0.2, -0.15) is 0 Å². The summed E-state index contributed by atoms with van der Waals surface area (Å²) >= 11 is 0. The summed E-state index contributed by atoms with van der Waals surface area (Å²) < 4.78 is 1.99. The van der Waals surface area contributed by atoms with Crippen LogP contribution in [-0.4, -0.2) is 9.55 Å². The monoisotopic (exact) mass is 277 g/mol. The minimum Gasteiger partial charge on any atom is -0.383 e. The van der Waals surface area contributed by atoms with Crippen LogP contribution in [0.5, 0.6) is 0 Å². The zero-order valence-electron chi connectivity index (χ0n) is 12.4. The fraction of sp³-hybridized carbons (Fsp3) is 0.167. The van der Waals surface area contributed by atoms with Gasteiger partial charge in [-0.1, -0.05) is 47.5 Å². The van der Waals surface area contributed by atoms with Crippen molar-refractivity contribution < 1.29 is 0 Å². The molecule has 0 atom stereocenters. The van der Waals surface area contributed by atoms with Gasteiger partial charge < -0.3 is 10.3 Å². The Morgan fingerprint density at radius 2 is 1.67 bits per heavy atom. The number of hydrogen-bond donors (Lipinski definition) is 1. The molecule has 3 rings (SSSR count). The Kier molecular flexibility index (Phi) is 3.48. The summed E-state index contributed by atoms with van der Waals surface area (Å²) in [4.78, 5) is 4.50. The van der Waals surface area contributed by atoms with E-state index in [0.717, 1.165) is 17.8 Å². The molecule has 0 aliphatic heterocycles. The van der Waals surface area contributed by atoms with Crippen LogP contribution in [0.3, 0.4) is 0 Å². The second kappa shape index (κ2) is 5.44. The maximum absolute atomic E-state index is 6.28. The summed E-state index contributed by atoms with van der Waals surface area (Å²) in [6.45, 7) is 4.92. The maximum atomic E-state index is 6.28. The number of benzene rings is 2. The number of nitrogens with two attached hydrogens (primary N) is 1. The molecule has 2 N–H and O–H groups in total. The molecule has 0 fully saturated rings. The Hall–Kier alpha value is -2.55. The van der Waals surface area contributed by atoms with Crippen molar-refractivity contribution in [1.29, 1.82) is 0 Å². The van der Waals surface area contributed by atoms with Crippen molar-refractivity contribution in [2.24, 2.45) is 0 Å². The zero-order valence-corrected chi connectivity index (χ0v) is 12.4. The van der Waals surface area contributed by atoms with E-state index in [4.69, 9.17) is 5.73 Å². The standard InChI is InChI=1S/C18H19N3/c1-13-8-14(2)10-16(9-13)17-18(19)21(12-20-17)11-15-6-4-3-5-7-15/h3-10,12H,11,19H2,1-2H3. The summed E-state index contributed by atoms with van der Waals surface area (Å²) in [6.07, 6.45) is 1.81. The van der Waals surface area contributed by atoms with Crippen LogP contribution in [0.4, 0.5) is 5.82 Å². The molecule has 0 unspecified atom stereocenters. The predicted molar refractivity (Wildman–Crippen MR) is 87.1 cm³/mol. The van der Waals surface area contributed by atoms with Crippen LogP contribution < -0.4 is 5.73 Å². The lowest BCUT2D eigenvalue weighted by molar-refractivity contribution is 0.808. The highest BCUT2D eigenvalue weighted by Gasteiger charge is 2.10. The van der Waals surface area contributed by atoms with Gasteiger partial charge in [0.05, 0.1) is 12.9 Å². The van der Waals surface area contributed by atoms with E-state index in [0.29, 0.717) is 5.82 Å². The molecule has 1 heterocycles. The van der Waals surface area contributed by atoms with Gasteiger partial charge in [0.1, 0.15) is 11.5 Å². The van der Waals surface area contributed by atoms with Crippen LogP contribution in [0.25, 0.3) is 11.3 Å². The van der Waals surface area contributed by atoms with Gasteiger partial charge in [-0.05, 0) is 31.5 Å². The molecule has 3 aromatic rings. The minimum absolute atomic E-state index is 0.712. The summed E-state index contributed by atoms with van der Waals surface area (Å²) in [5.41, 5.74) is 11.9. The molecule has 106 valence electrons. The van der Waals surface area contributed by atoms with Gasteiger partial charge in [-0.15, -0.1) is 0 Å². The molecule has 0 spiro atoms. The first-order valence-electron chi connectivity index (χ1n) is 7.06. The second-order valence-electron chi connectivity index (χ2n) is 5.47. The molecule has 3 nitrogen and oxygen atoms in total. The lowest BCUT2D eigenvalue weighted by Gasteiger charge is -2.07. The Morgan fingerprint density at radius 3 is 2.33 bits per heavy atom. The lowest BCUT2D eigenvalue weighted by Crippen LogP contribution is -2.03. The molecule has 0 amide bonds. The van der Waals surface area contributed by atoms with Gasteiger partial charge >= 0.3 is 0 Å². The minimum atomic E-state index is 0.712. The van der Waals surface area contributed by atoms with Gasteiger partial charge in [0.25, 0.3) is 0 Å². The average molecular weight is 277 g/mol. The number of aryl methyl sites for hydroxylation is 2. The summed E-state index contributed by atoms with van der Waals surface area (Å²) in [6, 6.07) is 16.7. The van der Waals surface area contributed by atoms with Crippen LogP contribution in [0.1, 0.15) is 16.7 Å². The number of hydrogen-bond acceptors (Lipinski definition) is 2. The van der Waals surface area contributed by atoms with E-state index in [2.05, 4.69) is 49.2 Å². The average Bonchev–Trinajstić information content (AvgIpc) is 2.80. The number of rotatable bonds is 3. The van der Waals surface area contributed by atoms with Crippen LogP contribution in [0.15, 0.2) is 54.9 Å². The van der Waals surface area contributed by atoms with E-state index in [1.165, 1.54) is 16.7 Å². The van der Waals surface area contributed by atoms with E-state index >= 15 is 0 Å². The highest BCUT2D eigenvalue weighted by Crippen LogP contribution is 2.26. The Morgan fingerprint density at radius 1 is 1.00 bits per heavy atom. The smallest absolute Gasteiger partial charge is 0.131 e. The largest absolute Gasteiger partial charge is 0.383 e. The number of imidazole rings is 1. The third kappa shape index (κ3) is 2.82. The van der Waals surface area contributed by atoms with Crippen molar-refractivity contribution in [3.05, 3.63) is 71.5 Å². The third-order valence-electron chi connectivity index (χ3n) is 3.57. The highest BCUT2D eigenvalue weighted by atomic mass is 15.1. The van der Waals surface area contributed by atoms with Crippen LogP contribution >= 0.6 is 0 Å². The molecule has 2 aromatic carbocycles. The second-order valence-corrected chi connectivity index (χ2v) is 5.47. The number of aromatic nitrogens is 2. The summed E-state index contributed by atoms with van der Waals surface area (Å²) in [5, 5.41) is 0. The molecule has 0 saturated heterocycles. The van der Waals surface area contributed by atoms with E-state index in [1.807, 2.05) is 29.1 Å². The summed E-state index contributed by atoms with van der Waals surface area (Å²) in [5.74, 6) is 0.712. The normalized spacial score (nSPS) is 10.8. The van der Waals surface area contributed by atoms with Crippen molar-refractivity contribution in [3.63, 3.8) is 0 Å². The van der Waals surface area contributed by atoms with Crippen LogP contribution in [0.2, 0.25) is 0 Å². The molecule has 3 heteroatoms. The van der Waals surface area contributed by atoms with Gasteiger partial charge in [0, 0.05) is 5.56 Å². The number of nitrogens with zero attached hydrogens (tertiary/aromatic N) is 2. The predicted octanol–water partition coefficient (Wildman–Crippen LogP) is 3.80. The van der Waals surface area contributed by atoms with Crippen molar-refractivity contribution >= 4 is 5.82 Å². The van der Waals surface area contributed by atoms with E-state index < -0.39 is 0 Å². The molecule has 0 aliphatic carbocycles. The van der Waals surface area contributed by atoms with Crippen molar-refractivity contribution in [2.75, 3.05) is 5.73 Å². The van der Waals surface area contributed by atoms with Crippen molar-refractivity contribution in [2.45, 2.75) is 20.4 Å². The van der Waals surface area contributed by atoms with Gasteiger partial charge in [0.2, 0.25) is 0 Å². The van der Waals surface area contributed by atoms with Gasteiger partial charge in [-0.25, -0.2) is 4.98 Å². The molecular weight excluding hydrogens is 258 g/mol. The van der Waals surface area contributed by atoms with E-state index in [1.54, 1.807) is 0 Å². The van der Waals surface area contributed by atoms with Gasteiger partial charge in [-0.3, -0.25) is 0 Å². The van der Waals surface area contributed by atoms with Crippen molar-refractivity contribution in [1.82, 2.24) is 9.55 Å². The Bertz CT molecular complexity index is 737. The zero-order chi connectivity index (χ0) is 14.8. The first kappa shape index (κ1) is 13.4. The highest BCUT2D eigenvalue weighted by molar-refractivity contribution is 5.71. The lowest BCUT2D eigenvalue weighted by atomic mass is 10.1. The van der Waals surface area contributed by atoms with Crippen molar-refractivity contribution in [3.8, 4) is 11.3 Å². The Labute approximate surface area is 125 Å². The first-order chi connectivity index (χ1) is 10.1. The van der Waals surface area contributed by atoms with E-state index in [9.17, 15) is 0 Å². The fourth-order valence-electron chi connectivity index (χ4n) is 2.63. The van der Waals surface area contributed by atoms with Gasteiger partial charge in [0.15, 0.2) is 0 Å². The fourth-order valence-corrected chi connectivity index (χ4v) is 2.63. The third-order valence-corrected chi connectivity index (χ3v) is 3.57.